The molecule has 1 fully saturated rings. The normalized spacial score (nSPS) is 24.1. The van der Waals surface area contributed by atoms with Gasteiger partial charge >= 0.3 is 0 Å². The summed E-state index contributed by atoms with van der Waals surface area (Å²) in [5, 5.41) is 0. The molecule has 3 nitrogen and oxygen atoms in total. The van der Waals surface area contributed by atoms with Gasteiger partial charge in [0.1, 0.15) is 4.99 Å². The monoisotopic (exact) mass is 318 g/mol. The maximum atomic E-state index is 5.72. The minimum absolute atomic E-state index is 0.207. The molecule has 1 saturated heterocycles. The molecular formula is C18H26N2OS. The summed E-state index contributed by atoms with van der Waals surface area (Å²) in [5.41, 5.74) is 4.15. The second-order valence-electron chi connectivity index (χ2n) is 7.15. The van der Waals surface area contributed by atoms with Crippen LogP contribution in [0.2, 0.25) is 0 Å². The number of anilines is 1. The first-order chi connectivity index (χ1) is 10.4. The van der Waals surface area contributed by atoms with Crippen molar-refractivity contribution in [3.8, 4) is 0 Å². The highest BCUT2D eigenvalue weighted by molar-refractivity contribution is 7.80. The van der Waals surface area contributed by atoms with E-state index in [9.17, 15) is 0 Å². The van der Waals surface area contributed by atoms with Crippen LogP contribution >= 0.6 is 12.2 Å². The summed E-state index contributed by atoms with van der Waals surface area (Å²) in [6.45, 7) is 10.3. The molecule has 1 aromatic rings. The van der Waals surface area contributed by atoms with Crippen LogP contribution in [0.5, 0.6) is 0 Å². The van der Waals surface area contributed by atoms with Gasteiger partial charge in [0.05, 0.1) is 13.2 Å². The Labute approximate surface area is 139 Å². The van der Waals surface area contributed by atoms with Crippen molar-refractivity contribution in [2.24, 2.45) is 0 Å². The SMILES string of the molecule is C[C@H]1CC(C)(C)N(C)c2ccc(C(=S)N3CCOCC3)cc21. The van der Waals surface area contributed by atoms with Crippen molar-refractivity contribution < 1.29 is 4.74 Å². The van der Waals surface area contributed by atoms with E-state index in [2.05, 4.69) is 55.8 Å². The first kappa shape index (κ1) is 15.8. The third-order valence-electron chi connectivity index (χ3n) is 5.18. The molecule has 3 rings (SSSR count). The maximum Gasteiger partial charge on any atom is 0.109 e. The number of rotatable bonds is 1. The molecule has 0 bridgehead atoms. The predicted molar refractivity (Wildman–Crippen MR) is 96.0 cm³/mol. The highest BCUT2D eigenvalue weighted by Crippen LogP contribution is 2.42. The molecule has 0 radical (unpaired) electrons. The Balaban J connectivity index is 1.91. The predicted octanol–water partition coefficient (Wildman–Crippen LogP) is 3.42. The lowest BCUT2D eigenvalue weighted by Crippen LogP contribution is -2.46. The molecule has 1 aromatic carbocycles. The lowest BCUT2D eigenvalue weighted by atomic mass is 9.80. The van der Waals surface area contributed by atoms with Crippen molar-refractivity contribution in [3.63, 3.8) is 0 Å². The van der Waals surface area contributed by atoms with Gasteiger partial charge in [-0.3, -0.25) is 0 Å². The summed E-state index contributed by atoms with van der Waals surface area (Å²) >= 11 is 5.72. The van der Waals surface area contributed by atoms with E-state index < -0.39 is 0 Å². The number of benzene rings is 1. The van der Waals surface area contributed by atoms with E-state index in [0.29, 0.717) is 5.92 Å². The van der Waals surface area contributed by atoms with Crippen molar-refractivity contribution >= 4 is 22.9 Å². The van der Waals surface area contributed by atoms with Crippen LogP contribution in [0.1, 0.15) is 44.2 Å². The number of nitrogens with zero attached hydrogens (tertiary/aromatic N) is 2. The molecule has 1 atom stereocenters. The van der Waals surface area contributed by atoms with Crippen LogP contribution in [0.25, 0.3) is 0 Å². The fourth-order valence-corrected chi connectivity index (χ4v) is 3.97. The van der Waals surface area contributed by atoms with Gasteiger partial charge < -0.3 is 14.5 Å². The van der Waals surface area contributed by atoms with E-state index in [1.54, 1.807) is 0 Å². The average molecular weight is 318 g/mol. The molecule has 0 aromatic heterocycles. The highest BCUT2D eigenvalue weighted by atomic mass is 32.1. The van der Waals surface area contributed by atoms with Crippen LogP contribution in [0.3, 0.4) is 0 Å². The topological polar surface area (TPSA) is 15.7 Å². The lowest BCUT2D eigenvalue weighted by Gasteiger charge is -2.45. The van der Waals surface area contributed by atoms with Crippen LogP contribution in [0, 0.1) is 0 Å². The molecular weight excluding hydrogens is 292 g/mol. The fourth-order valence-electron chi connectivity index (χ4n) is 3.66. The summed E-state index contributed by atoms with van der Waals surface area (Å²) in [7, 11) is 2.20. The van der Waals surface area contributed by atoms with Crippen molar-refractivity contribution in [2.75, 3.05) is 38.3 Å². The minimum atomic E-state index is 0.207. The van der Waals surface area contributed by atoms with Gasteiger partial charge in [0, 0.05) is 36.9 Å². The smallest absolute Gasteiger partial charge is 0.109 e. The van der Waals surface area contributed by atoms with Crippen molar-refractivity contribution in [2.45, 2.75) is 38.6 Å². The van der Waals surface area contributed by atoms with Crippen molar-refractivity contribution in [1.29, 1.82) is 0 Å². The van der Waals surface area contributed by atoms with E-state index in [4.69, 9.17) is 17.0 Å². The molecule has 0 N–H and O–H groups in total. The molecule has 0 saturated carbocycles. The van der Waals surface area contributed by atoms with E-state index >= 15 is 0 Å². The van der Waals surface area contributed by atoms with Crippen LogP contribution in [-0.4, -0.2) is 48.8 Å². The molecule has 4 heteroatoms. The molecule has 2 aliphatic rings. The first-order valence-electron chi connectivity index (χ1n) is 8.15. The second-order valence-corrected chi connectivity index (χ2v) is 7.54. The molecule has 120 valence electrons. The number of morpholine rings is 1. The van der Waals surface area contributed by atoms with Gasteiger partial charge in [-0.15, -0.1) is 0 Å². The Morgan fingerprint density at radius 2 is 1.95 bits per heavy atom. The van der Waals surface area contributed by atoms with Crippen LogP contribution in [0.4, 0.5) is 5.69 Å². The van der Waals surface area contributed by atoms with Gasteiger partial charge in [0.2, 0.25) is 0 Å². The Kier molecular flexibility index (Phi) is 4.17. The molecule has 0 spiro atoms. The van der Waals surface area contributed by atoms with Crippen molar-refractivity contribution in [3.05, 3.63) is 29.3 Å². The summed E-state index contributed by atoms with van der Waals surface area (Å²) in [6.07, 6.45) is 1.17. The van der Waals surface area contributed by atoms with Gasteiger partial charge in [-0.25, -0.2) is 0 Å². The zero-order chi connectivity index (χ0) is 15.9. The molecule has 0 unspecified atom stereocenters. The van der Waals surface area contributed by atoms with E-state index in [1.165, 1.54) is 23.2 Å². The lowest BCUT2D eigenvalue weighted by molar-refractivity contribution is 0.0693. The van der Waals surface area contributed by atoms with E-state index in [0.717, 1.165) is 31.3 Å². The third-order valence-corrected chi connectivity index (χ3v) is 5.67. The fraction of sp³-hybridized carbons (Fsp3) is 0.611. The quantitative estimate of drug-likeness (QED) is 0.737. The third kappa shape index (κ3) is 2.74. The largest absolute Gasteiger partial charge is 0.378 e. The maximum absolute atomic E-state index is 5.72. The van der Waals surface area contributed by atoms with Gasteiger partial charge in [-0.05, 0) is 49.9 Å². The molecule has 2 heterocycles. The Morgan fingerprint density at radius 3 is 2.64 bits per heavy atom. The summed E-state index contributed by atoms with van der Waals surface area (Å²) in [4.78, 5) is 5.64. The highest BCUT2D eigenvalue weighted by Gasteiger charge is 2.34. The van der Waals surface area contributed by atoms with E-state index in [-0.39, 0.29) is 5.54 Å². The number of thiocarbonyl (C=S) groups is 1. The Bertz CT molecular complexity index is 578. The summed E-state index contributed by atoms with van der Waals surface area (Å²) in [6, 6.07) is 6.74. The number of ether oxygens (including phenoxy) is 1. The van der Waals surface area contributed by atoms with Crippen LogP contribution < -0.4 is 4.90 Å². The van der Waals surface area contributed by atoms with Gasteiger partial charge in [0.15, 0.2) is 0 Å². The van der Waals surface area contributed by atoms with Gasteiger partial charge in [-0.2, -0.15) is 0 Å². The summed E-state index contributed by atoms with van der Waals surface area (Å²) < 4.78 is 5.42. The standard InChI is InChI=1S/C18H26N2OS/c1-13-12-18(2,3)19(4)16-6-5-14(11-15(13)16)17(22)20-7-9-21-10-8-20/h5-6,11,13H,7-10,12H2,1-4H3/t13-/m0/s1. The number of hydrogen-bond donors (Lipinski definition) is 0. The average Bonchev–Trinajstić information content (AvgIpc) is 2.52. The Morgan fingerprint density at radius 1 is 1.27 bits per heavy atom. The zero-order valence-corrected chi connectivity index (χ0v) is 14.9. The molecule has 22 heavy (non-hydrogen) atoms. The van der Waals surface area contributed by atoms with Crippen LogP contribution in [0.15, 0.2) is 18.2 Å². The van der Waals surface area contributed by atoms with Crippen molar-refractivity contribution in [1.82, 2.24) is 4.90 Å². The Hall–Kier alpha value is -1.13. The summed E-state index contributed by atoms with van der Waals surface area (Å²) in [5.74, 6) is 0.564. The molecule has 2 aliphatic heterocycles. The van der Waals surface area contributed by atoms with Gasteiger partial charge in [-0.1, -0.05) is 19.1 Å². The second kappa shape index (κ2) is 5.82. The molecule has 0 aliphatic carbocycles. The van der Waals surface area contributed by atoms with Crippen LogP contribution in [-0.2, 0) is 4.74 Å². The number of fused-ring (bicyclic) bond motifs is 1. The number of hydrogen-bond acceptors (Lipinski definition) is 3. The molecule has 0 amide bonds. The minimum Gasteiger partial charge on any atom is -0.378 e. The first-order valence-corrected chi connectivity index (χ1v) is 8.56. The van der Waals surface area contributed by atoms with E-state index in [1.807, 2.05) is 0 Å². The van der Waals surface area contributed by atoms with Gasteiger partial charge in [0.25, 0.3) is 0 Å². The zero-order valence-electron chi connectivity index (χ0n) is 14.1.